The van der Waals surface area contributed by atoms with Crippen molar-refractivity contribution in [3.8, 4) is 0 Å². The molecule has 1 saturated carbocycles. The highest BCUT2D eigenvalue weighted by molar-refractivity contribution is 5.90. The highest BCUT2D eigenvalue weighted by atomic mass is 19.1. The third kappa shape index (κ3) is 4.99. The van der Waals surface area contributed by atoms with Crippen molar-refractivity contribution < 1.29 is 8.78 Å². The smallest absolute Gasteiger partial charge is 0.225 e. The fourth-order valence-corrected chi connectivity index (χ4v) is 4.44. The summed E-state index contributed by atoms with van der Waals surface area (Å²) in [5.41, 5.74) is 1.54. The van der Waals surface area contributed by atoms with Crippen LogP contribution in [-0.2, 0) is 6.54 Å². The van der Waals surface area contributed by atoms with Gasteiger partial charge < -0.3 is 15.5 Å². The Morgan fingerprint density at radius 3 is 2.50 bits per heavy atom. The van der Waals surface area contributed by atoms with E-state index in [0.717, 1.165) is 48.9 Å². The molecule has 1 aliphatic rings. The van der Waals surface area contributed by atoms with Crippen LogP contribution in [0.1, 0.15) is 36.8 Å². The minimum Gasteiger partial charge on any atom is -0.362 e. The molecule has 0 radical (unpaired) electrons. The van der Waals surface area contributed by atoms with Crippen LogP contribution in [0.3, 0.4) is 0 Å². The molecule has 0 atom stereocenters. The second-order valence-electron chi connectivity index (χ2n) is 8.93. The molecule has 5 nitrogen and oxygen atoms in total. The molecule has 4 rings (SSSR count). The summed E-state index contributed by atoms with van der Waals surface area (Å²) >= 11 is 0. The number of rotatable bonds is 7. The van der Waals surface area contributed by atoms with Crippen LogP contribution in [0.15, 0.2) is 36.4 Å². The predicted octanol–water partition coefficient (Wildman–Crippen LogP) is 5.04. The van der Waals surface area contributed by atoms with Crippen LogP contribution in [0.4, 0.5) is 20.5 Å². The van der Waals surface area contributed by atoms with Gasteiger partial charge >= 0.3 is 0 Å². The summed E-state index contributed by atoms with van der Waals surface area (Å²) in [6.45, 7) is 2.64. The number of para-hydroxylation sites is 1. The fourth-order valence-electron chi connectivity index (χ4n) is 4.44. The van der Waals surface area contributed by atoms with Crippen molar-refractivity contribution in [2.24, 2.45) is 5.92 Å². The summed E-state index contributed by atoms with van der Waals surface area (Å²) < 4.78 is 28.1. The largest absolute Gasteiger partial charge is 0.362 e. The van der Waals surface area contributed by atoms with Gasteiger partial charge in [0.15, 0.2) is 0 Å². The van der Waals surface area contributed by atoms with Crippen LogP contribution in [0.5, 0.6) is 0 Å². The number of halogens is 2. The Kier molecular flexibility index (Phi) is 6.84. The molecule has 0 spiro atoms. The average molecular weight is 440 g/mol. The maximum absolute atomic E-state index is 14.2. The third-order valence-electron chi connectivity index (χ3n) is 6.30. The zero-order valence-electron chi connectivity index (χ0n) is 19.0. The van der Waals surface area contributed by atoms with E-state index in [2.05, 4.69) is 10.6 Å². The Hall–Kier alpha value is -2.80. The molecule has 0 bridgehead atoms. The topological polar surface area (TPSA) is 53.1 Å². The maximum Gasteiger partial charge on any atom is 0.225 e. The van der Waals surface area contributed by atoms with E-state index in [1.165, 1.54) is 12.1 Å². The molecule has 2 aromatic carbocycles. The first-order chi connectivity index (χ1) is 15.4. The van der Waals surface area contributed by atoms with Gasteiger partial charge in [0.1, 0.15) is 17.5 Å². The zero-order valence-corrected chi connectivity index (χ0v) is 19.0. The van der Waals surface area contributed by atoms with Gasteiger partial charge in [0.25, 0.3) is 0 Å². The van der Waals surface area contributed by atoms with Crippen LogP contribution >= 0.6 is 0 Å². The maximum atomic E-state index is 14.2. The van der Waals surface area contributed by atoms with E-state index in [9.17, 15) is 8.78 Å². The summed E-state index contributed by atoms with van der Waals surface area (Å²) in [6, 6.07) is 11.2. The Labute approximate surface area is 188 Å². The zero-order chi connectivity index (χ0) is 22.7. The first-order valence-electron chi connectivity index (χ1n) is 11.3. The van der Waals surface area contributed by atoms with Crippen molar-refractivity contribution in [2.75, 3.05) is 30.9 Å². The molecule has 7 heteroatoms. The molecule has 1 aliphatic carbocycles. The van der Waals surface area contributed by atoms with Crippen LogP contribution in [0, 0.1) is 24.5 Å². The number of hydrogen-bond donors (Lipinski definition) is 2. The lowest BCUT2D eigenvalue weighted by atomic mass is 9.86. The van der Waals surface area contributed by atoms with Gasteiger partial charge in [-0.05, 0) is 68.8 Å². The standard InChI is InChI=1S/C25H31F2N5/c1-16-8-13-21(26)20(23(16)27)15-28-14-17-9-11-18(12-10-17)29-25-30-22-7-5-4-6-19(22)24(31-25)32(2)3/h4-8,13,17-18,28H,9-12,14-15H2,1-3H3,(H,29,30,31). The summed E-state index contributed by atoms with van der Waals surface area (Å²) in [4.78, 5) is 11.5. The van der Waals surface area contributed by atoms with Gasteiger partial charge in [-0.1, -0.05) is 18.2 Å². The second kappa shape index (κ2) is 9.77. The monoisotopic (exact) mass is 439 g/mol. The molecule has 0 aliphatic heterocycles. The van der Waals surface area contributed by atoms with Crippen molar-refractivity contribution in [3.63, 3.8) is 0 Å². The molecule has 0 unspecified atom stereocenters. The van der Waals surface area contributed by atoms with Gasteiger partial charge in [-0.2, -0.15) is 4.98 Å². The Balaban J connectivity index is 1.31. The molecular weight excluding hydrogens is 408 g/mol. The molecule has 1 heterocycles. The van der Waals surface area contributed by atoms with Crippen LogP contribution in [-0.4, -0.2) is 36.6 Å². The number of fused-ring (bicyclic) bond motifs is 1. The number of anilines is 2. The first kappa shape index (κ1) is 22.4. The van der Waals surface area contributed by atoms with Crippen molar-refractivity contribution >= 4 is 22.7 Å². The molecule has 1 aromatic heterocycles. The van der Waals surface area contributed by atoms with Gasteiger partial charge in [0, 0.05) is 37.6 Å². The van der Waals surface area contributed by atoms with Crippen molar-refractivity contribution in [1.82, 2.24) is 15.3 Å². The van der Waals surface area contributed by atoms with Gasteiger partial charge in [-0.15, -0.1) is 0 Å². The molecule has 1 fully saturated rings. The second-order valence-corrected chi connectivity index (χ2v) is 8.93. The van der Waals surface area contributed by atoms with Crippen LogP contribution in [0.2, 0.25) is 0 Å². The van der Waals surface area contributed by atoms with Crippen molar-refractivity contribution in [1.29, 1.82) is 0 Å². The van der Waals surface area contributed by atoms with Gasteiger partial charge in [-0.3, -0.25) is 0 Å². The lowest BCUT2D eigenvalue weighted by Crippen LogP contribution is -2.32. The number of nitrogens with zero attached hydrogens (tertiary/aromatic N) is 3. The minimum absolute atomic E-state index is 0.130. The molecular formula is C25H31F2N5. The van der Waals surface area contributed by atoms with Crippen molar-refractivity contribution in [2.45, 2.75) is 45.2 Å². The van der Waals surface area contributed by atoms with Gasteiger partial charge in [-0.25, -0.2) is 13.8 Å². The van der Waals surface area contributed by atoms with E-state index in [-0.39, 0.29) is 12.1 Å². The predicted molar refractivity (Wildman–Crippen MR) is 126 cm³/mol. The van der Waals surface area contributed by atoms with Crippen molar-refractivity contribution in [3.05, 3.63) is 59.2 Å². The lowest BCUT2D eigenvalue weighted by Gasteiger charge is -2.29. The van der Waals surface area contributed by atoms with E-state index >= 15 is 0 Å². The van der Waals surface area contributed by atoms with Crippen LogP contribution in [0.25, 0.3) is 10.9 Å². The molecule has 0 amide bonds. The fraction of sp³-hybridized carbons (Fsp3) is 0.440. The molecule has 3 aromatic rings. The normalized spacial score (nSPS) is 18.7. The van der Waals surface area contributed by atoms with E-state index < -0.39 is 11.6 Å². The minimum atomic E-state index is -0.485. The van der Waals surface area contributed by atoms with E-state index in [4.69, 9.17) is 9.97 Å². The average Bonchev–Trinajstić information content (AvgIpc) is 2.79. The number of aromatic nitrogens is 2. The number of benzene rings is 2. The quantitative estimate of drug-likeness (QED) is 0.540. The summed E-state index contributed by atoms with van der Waals surface area (Å²) in [5.74, 6) is 1.14. The van der Waals surface area contributed by atoms with E-state index in [1.54, 1.807) is 6.92 Å². The van der Waals surface area contributed by atoms with E-state index in [1.807, 2.05) is 43.3 Å². The van der Waals surface area contributed by atoms with Gasteiger partial charge in [0.05, 0.1) is 5.52 Å². The number of nitrogens with one attached hydrogen (secondary N) is 2. The highest BCUT2D eigenvalue weighted by Gasteiger charge is 2.22. The molecule has 2 N–H and O–H groups in total. The highest BCUT2D eigenvalue weighted by Crippen LogP contribution is 2.28. The summed E-state index contributed by atoms with van der Waals surface area (Å²) in [7, 11) is 3.98. The van der Waals surface area contributed by atoms with Crippen LogP contribution < -0.4 is 15.5 Å². The van der Waals surface area contributed by atoms with E-state index in [0.29, 0.717) is 23.5 Å². The molecule has 170 valence electrons. The number of hydrogen-bond acceptors (Lipinski definition) is 5. The summed E-state index contributed by atoms with van der Waals surface area (Å²) in [5, 5.41) is 7.82. The lowest BCUT2D eigenvalue weighted by molar-refractivity contribution is 0.322. The third-order valence-corrected chi connectivity index (χ3v) is 6.30. The SMILES string of the molecule is Cc1ccc(F)c(CNCC2CCC(Nc3nc(N(C)C)c4ccccc4n3)CC2)c1F. The Morgan fingerprint density at radius 1 is 1.00 bits per heavy atom. The summed E-state index contributed by atoms with van der Waals surface area (Å²) in [6.07, 6.45) is 4.15. The molecule has 32 heavy (non-hydrogen) atoms. The van der Waals surface area contributed by atoms with Gasteiger partial charge in [0.2, 0.25) is 5.95 Å². The Bertz CT molecular complexity index is 1080. The Morgan fingerprint density at radius 2 is 1.75 bits per heavy atom. The number of aryl methyl sites for hydroxylation is 1. The first-order valence-corrected chi connectivity index (χ1v) is 11.3. The molecule has 0 saturated heterocycles.